The van der Waals surface area contributed by atoms with Gasteiger partial charge in [0.05, 0.1) is 17.3 Å². The maximum atomic E-state index is 12.5. The van der Waals surface area contributed by atoms with E-state index < -0.39 is 10.0 Å². The Kier molecular flexibility index (Phi) is 6.16. The maximum absolute atomic E-state index is 12.5. The molecule has 148 valence electrons. The lowest BCUT2D eigenvalue weighted by Gasteiger charge is -2.18. The normalized spacial score (nSPS) is 10.8. The third-order valence-electron chi connectivity index (χ3n) is 3.98. The van der Waals surface area contributed by atoms with E-state index in [4.69, 9.17) is 10.00 Å². The molecule has 3 rings (SSSR count). The Hall–Kier alpha value is -3.35. The highest BCUT2D eigenvalue weighted by molar-refractivity contribution is 7.94. The number of amides is 1. The third-order valence-corrected chi connectivity index (χ3v) is 7.14. The average Bonchev–Trinajstić information content (AvgIpc) is 3.28. The van der Waals surface area contributed by atoms with Crippen LogP contribution in [0.3, 0.4) is 0 Å². The van der Waals surface area contributed by atoms with Crippen LogP contribution in [-0.2, 0) is 14.8 Å². The van der Waals surface area contributed by atoms with Crippen molar-refractivity contribution in [3.8, 4) is 11.8 Å². The van der Waals surface area contributed by atoms with E-state index >= 15 is 0 Å². The number of nitrogens with one attached hydrogen (secondary N) is 1. The van der Waals surface area contributed by atoms with E-state index in [0.29, 0.717) is 22.7 Å². The summed E-state index contributed by atoms with van der Waals surface area (Å²) in [7, 11) is -2.12. The number of thiophene rings is 1. The molecular weight excluding hydrogens is 410 g/mol. The fraction of sp³-hybridized carbons (Fsp3) is 0.100. The molecule has 1 amide bonds. The molecule has 0 spiro atoms. The Morgan fingerprint density at radius 3 is 2.41 bits per heavy atom. The van der Waals surface area contributed by atoms with Gasteiger partial charge in [-0.1, -0.05) is 6.07 Å². The van der Waals surface area contributed by atoms with Gasteiger partial charge in [0.25, 0.3) is 15.9 Å². The lowest BCUT2D eigenvalue weighted by Crippen LogP contribution is -2.25. The van der Waals surface area contributed by atoms with Crippen LogP contribution in [0.1, 0.15) is 5.56 Å². The van der Waals surface area contributed by atoms with Crippen LogP contribution in [0.5, 0.6) is 5.75 Å². The molecule has 1 aromatic heterocycles. The zero-order valence-electron chi connectivity index (χ0n) is 15.4. The average molecular weight is 428 g/mol. The van der Waals surface area contributed by atoms with Gasteiger partial charge in [0.2, 0.25) is 0 Å². The van der Waals surface area contributed by atoms with Crippen molar-refractivity contribution < 1.29 is 17.9 Å². The van der Waals surface area contributed by atoms with Gasteiger partial charge in [0.15, 0.2) is 6.61 Å². The number of carbonyl (C=O) groups is 1. The van der Waals surface area contributed by atoms with E-state index in [1.165, 1.54) is 11.4 Å². The highest BCUT2D eigenvalue weighted by Gasteiger charge is 2.22. The molecule has 0 aliphatic carbocycles. The second-order valence-electron chi connectivity index (χ2n) is 5.92. The number of hydrogen-bond donors (Lipinski definition) is 1. The van der Waals surface area contributed by atoms with Crippen LogP contribution in [0.4, 0.5) is 11.4 Å². The highest BCUT2D eigenvalue weighted by atomic mass is 32.2. The predicted molar refractivity (Wildman–Crippen MR) is 112 cm³/mol. The summed E-state index contributed by atoms with van der Waals surface area (Å²) in [5, 5.41) is 13.2. The fourth-order valence-electron chi connectivity index (χ4n) is 2.41. The van der Waals surface area contributed by atoms with Crippen molar-refractivity contribution in [2.75, 3.05) is 23.3 Å². The second-order valence-corrected chi connectivity index (χ2v) is 9.07. The number of sulfonamides is 1. The van der Waals surface area contributed by atoms with Gasteiger partial charge in [-0.25, -0.2) is 8.42 Å². The predicted octanol–water partition coefficient (Wildman–Crippen LogP) is 3.46. The van der Waals surface area contributed by atoms with Crippen molar-refractivity contribution in [1.82, 2.24) is 0 Å². The number of ether oxygens (including phenoxy) is 1. The van der Waals surface area contributed by atoms with Crippen molar-refractivity contribution in [2.24, 2.45) is 0 Å². The van der Waals surface area contributed by atoms with Gasteiger partial charge in [-0.05, 0) is 60.0 Å². The van der Waals surface area contributed by atoms with Crippen LogP contribution in [0.15, 0.2) is 70.3 Å². The molecule has 0 saturated heterocycles. The summed E-state index contributed by atoms with van der Waals surface area (Å²) >= 11 is 1.16. The lowest BCUT2D eigenvalue weighted by atomic mass is 10.2. The zero-order chi connectivity index (χ0) is 20.9. The summed E-state index contributed by atoms with van der Waals surface area (Å²) in [6.07, 6.45) is 0. The molecule has 0 unspecified atom stereocenters. The number of carbonyl (C=O) groups excluding carboxylic acids is 1. The zero-order valence-corrected chi connectivity index (χ0v) is 17.0. The van der Waals surface area contributed by atoms with Crippen LogP contribution in [-0.4, -0.2) is 28.0 Å². The van der Waals surface area contributed by atoms with Gasteiger partial charge in [0, 0.05) is 12.7 Å². The van der Waals surface area contributed by atoms with Crippen molar-refractivity contribution in [2.45, 2.75) is 4.21 Å². The molecule has 0 saturated carbocycles. The minimum atomic E-state index is -3.60. The first-order valence-corrected chi connectivity index (χ1v) is 10.8. The van der Waals surface area contributed by atoms with Gasteiger partial charge < -0.3 is 10.1 Å². The molecule has 9 heteroatoms. The van der Waals surface area contributed by atoms with Crippen molar-refractivity contribution in [1.29, 1.82) is 5.26 Å². The monoisotopic (exact) mass is 427 g/mol. The molecule has 0 radical (unpaired) electrons. The second kappa shape index (κ2) is 8.77. The van der Waals surface area contributed by atoms with E-state index in [1.54, 1.807) is 66.0 Å². The van der Waals surface area contributed by atoms with E-state index in [-0.39, 0.29) is 16.7 Å². The quantitative estimate of drug-likeness (QED) is 0.622. The van der Waals surface area contributed by atoms with Crippen LogP contribution >= 0.6 is 11.3 Å². The van der Waals surface area contributed by atoms with Gasteiger partial charge in [-0.3, -0.25) is 9.10 Å². The van der Waals surface area contributed by atoms with E-state index in [9.17, 15) is 13.2 Å². The molecule has 29 heavy (non-hydrogen) atoms. The molecule has 0 fully saturated rings. The van der Waals surface area contributed by atoms with Crippen molar-refractivity contribution >= 4 is 38.6 Å². The molecule has 7 nitrogen and oxygen atoms in total. The van der Waals surface area contributed by atoms with Crippen LogP contribution in [0, 0.1) is 11.3 Å². The molecule has 1 heterocycles. The SMILES string of the molecule is CN(c1ccc(OCC(=O)Nc2ccc(C#N)cc2)cc1)S(=O)(=O)c1cccs1. The standard InChI is InChI=1S/C20H17N3O4S2/c1-23(29(25,26)20-3-2-12-28-20)17-8-10-18(11-9-17)27-14-19(24)22-16-6-4-15(13-21)5-7-16/h2-12H,14H2,1H3,(H,22,24). The molecule has 3 aromatic rings. The Morgan fingerprint density at radius 1 is 1.14 bits per heavy atom. The first kappa shape index (κ1) is 20.4. The minimum Gasteiger partial charge on any atom is -0.484 e. The van der Waals surface area contributed by atoms with Crippen LogP contribution in [0.2, 0.25) is 0 Å². The summed E-state index contributed by atoms with van der Waals surface area (Å²) in [6.45, 7) is -0.206. The summed E-state index contributed by atoms with van der Waals surface area (Å²) in [6, 6.07) is 18.2. The number of nitriles is 1. The highest BCUT2D eigenvalue weighted by Crippen LogP contribution is 2.26. The van der Waals surface area contributed by atoms with Gasteiger partial charge in [0.1, 0.15) is 9.96 Å². The Morgan fingerprint density at radius 2 is 1.83 bits per heavy atom. The Balaban J connectivity index is 1.57. The number of benzene rings is 2. The molecular formula is C20H17N3O4S2. The number of rotatable bonds is 7. The first-order chi connectivity index (χ1) is 13.9. The third kappa shape index (κ3) is 4.93. The number of hydrogen-bond acceptors (Lipinski definition) is 6. The van der Waals surface area contributed by atoms with E-state index in [0.717, 1.165) is 11.3 Å². The maximum Gasteiger partial charge on any atom is 0.273 e. The van der Waals surface area contributed by atoms with Crippen LogP contribution in [0.25, 0.3) is 0 Å². The topological polar surface area (TPSA) is 99.5 Å². The van der Waals surface area contributed by atoms with Gasteiger partial charge >= 0.3 is 0 Å². The molecule has 1 N–H and O–H groups in total. The molecule has 0 aliphatic rings. The van der Waals surface area contributed by atoms with E-state index in [2.05, 4.69) is 5.32 Å². The van der Waals surface area contributed by atoms with Gasteiger partial charge in [-0.2, -0.15) is 5.26 Å². The lowest BCUT2D eigenvalue weighted by molar-refractivity contribution is -0.118. The fourth-order valence-corrected chi connectivity index (χ4v) is 4.77. The summed E-state index contributed by atoms with van der Waals surface area (Å²) in [4.78, 5) is 12.0. The van der Waals surface area contributed by atoms with Gasteiger partial charge in [-0.15, -0.1) is 11.3 Å². The smallest absolute Gasteiger partial charge is 0.273 e. The van der Waals surface area contributed by atoms with Crippen LogP contribution < -0.4 is 14.4 Å². The Labute approximate surface area is 172 Å². The summed E-state index contributed by atoms with van der Waals surface area (Å²) < 4.78 is 32.0. The number of anilines is 2. The first-order valence-electron chi connectivity index (χ1n) is 8.45. The largest absolute Gasteiger partial charge is 0.484 e. The Bertz CT molecular complexity index is 1120. The molecule has 0 aliphatic heterocycles. The number of nitrogens with zero attached hydrogens (tertiary/aromatic N) is 2. The minimum absolute atomic E-state index is 0.206. The van der Waals surface area contributed by atoms with Crippen molar-refractivity contribution in [3.63, 3.8) is 0 Å². The summed E-state index contributed by atoms with van der Waals surface area (Å²) in [5.41, 5.74) is 1.55. The van der Waals surface area contributed by atoms with E-state index in [1.807, 2.05) is 6.07 Å². The summed E-state index contributed by atoms with van der Waals surface area (Å²) in [5.74, 6) is 0.0850. The molecule has 0 bridgehead atoms. The molecule has 2 aromatic carbocycles. The molecule has 0 atom stereocenters. The van der Waals surface area contributed by atoms with Crippen molar-refractivity contribution in [3.05, 3.63) is 71.6 Å².